The highest BCUT2D eigenvalue weighted by molar-refractivity contribution is 6.30. The molecule has 0 bridgehead atoms. The van der Waals surface area contributed by atoms with E-state index >= 15 is 0 Å². The quantitative estimate of drug-likeness (QED) is 0.425. The molecule has 0 aliphatic rings. The molecule has 1 heterocycles. The molecule has 2 aromatic rings. The molecule has 3 N–H and O–H groups in total. The predicted molar refractivity (Wildman–Crippen MR) is 63.0 cm³/mol. The van der Waals surface area contributed by atoms with E-state index in [1.54, 1.807) is 24.3 Å². The number of aromatic nitrogens is 4. The van der Waals surface area contributed by atoms with E-state index in [2.05, 4.69) is 10.4 Å². The average Bonchev–Trinajstić information content (AvgIpc) is 2.72. The molecule has 0 spiro atoms. The zero-order valence-electron chi connectivity index (χ0n) is 9.08. The van der Waals surface area contributed by atoms with Gasteiger partial charge in [-0.15, -0.1) is 0 Å². The minimum Gasteiger partial charge on any atom is -0.293 e. The molecule has 0 saturated heterocycles. The Hall–Kier alpha value is -2.19. The minimum atomic E-state index is -0.541. The van der Waals surface area contributed by atoms with Crippen LogP contribution in [0.1, 0.15) is 0 Å². The topological polar surface area (TPSA) is 108 Å². The Morgan fingerprint density at radius 2 is 2.00 bits per heavy atom. The Kier molecular flexibility index (Phi) is 3.40. The second-order valence-corrected chi connectivity index (χ2v) is 3.81. The molecule has 2 rings (SSSR count). The Bertz CT molecular complexity index is 617. The molecule has 0 aliphatic heterocycles. The summed E-state index contributed by atoms with van der Waals surface area (Å²) in [4.78, 5) is 22.9. The molecule has 0 aliphatic carbocycles. The normalized spacial score (nSPS) is 10.3. The number of amides is 1. The van der Waals surface area contributed by atoms with E-state index in [0.717, 1.165) is 9.36 Å². The molecular weight excluding hydrogens is 260 g/mol. The number of carbonyl (C=O) groups is 1. The second kappa shape index (κ2) is 4.98. The number of halogens is 1. The molecule has 1 aromatic heterocycles. The number of hydrogen-bond acceptors (Lipinski definition) is 5. The first kappa shape index (κ1) is 12.3. The summed E-state index contributed by atoms with van der Waals surface area (Å²) < 4.78 is 1.96. The third kappa shape index (κ3) is 2.39. The first-order chi connectivity index (χ1) is 8.61. The first-order valence-corrected chi connectivity index (χ1v) is 5.28. The number of rotatable bonds is 3. The fraction of sp³-hybridized carbons (Fsp3) is 0.111. The summed E-state index contributed by atoms with van der Waals surface area (Å²) in [5.41, 5.74) is 1.87. The van der Waals surface area contributed by atoms with Crippen molar-refractivity contribution in [3.8, 4) is 5.69 Å². The van der Waals surface area contributed by atoms with Crippen LogP contribution >= 0.6 is 11.6 Å². The molecule has 1 amide bonds. The lowest BCUT2D eigenvalue weighted by atomic mass is 10.3. The van der Waals surface area contributed by atoms with Crippen molar-refractivity contribution in [3.05, 3.63) is 39.8 Å². The van der Waals surface area contributed by atoms with E-state index in [4.69, 9.17) is 17.4 Å². The van der Waals surface area contributed by atoms with Crippen molar-refractivity contribution in [3.63, 3.8) is 0 Å². The fourth-order valence-electron chi connectivity index (χ4n) is 1.30. The van der Waals surface area contributed by atoms with E-state index in [0.29, 0.717) is 10.7 Å². The van der Waals surface area contributed by atoms with Gasteiger partial charge in [0.05, 0.1) is 5.69 Å². The maximum absolute atomic E-state index is 11.9. The molecular formula is C9H9ClN6O2. The van der Waals surface area contributed by atoms with Crippen LogP contribution in [0.3, 0.4) is 0 Å². The number of nitrogens with zero attached hydrogens (tertiary/aromatic N) is 4. The largest absolute Gasteiger partial charge is 0.368 e. The summed E-state index contributed by atoms with van der Waals surface area (Å²) in [7, 11) is 0. The van der Waals surface area contributed by atoms with Crippen molar-refractivity contribution < 1.29 is 4.79 Å². The lowest BCUT2D eigenvalue weighted by Crippen LogP contribution is -2.36. The van der Waals surface area contributed by atoms with Crippen LogP contribution < -0.4 is 17.0 Å². The van der Waals surface area contributed by atoms with Crippen LogP contribution in [0.15, 0.2) is 29.1 Å². The zero-order valence-corrected chi connectivity index (χ0v) is 9.83. The Labute approximate surface area is 106 Å². The van der Waals surface area contributed by atoms with E-state index in [1.807, 2.05) is 5.43 Å². The van der Waals surface area contributed by atoms with Gasteiger partial charge in [0.25, 0.3) is 5.91 Å². The van der Waals surface area contributed by atoms with Gasteiger partial charge in [-0.2, -0.15) is 9.36 Å². The summed E-state index contributed by atoms with van der Waals surface area (Å²) in [6, 6.07) is 6.47. The SMILES string of the molecule is NNC(=O)Cn1nnn(-c2ccc(Cl)cc2)c1=O. The number of nitrogens with two attached hydrogens (primary N) is 1. The summed E-state index contributed by atoms with van der Waals surface area (Å²) >= 11 is 5.74. The Morgan fingerprint density at radius 1 is 1.33 bits per heavy atom. The number of benzene rings is 1. The van der Waals surface area contributed by atoms with Crippen molar-refractivity contribution >= 4 is 17.5 Å². The van der Waals surface area contributed by atoms with Gasteiger partial charge in [0, 0.05) is 5.02 Å². The van der Waals surface area contributed by atoms with Crippen molar-refractivity contribution in [1.82, 2.24) is 25.2 Å². The van der Waals surface area contributed by atoms with Crippen LogP contribution in [0, 0.1) is 0 Å². The summed E-state index contributed by atoms with van der Waals surface area (Å²) in [6.45, 7) is -0.289. The van der Waals surface area contributed by atoms with Gasteiger partial charge < -0.3 is 0 Å². The monoisotopic (exact) mass is 268 g/mol. The standard InChI is InChI=1S/C9H9ClN6O2/c10-6-1-3-7(4-2-6)16-9(18)15(13-14-16)5-8(17)12-11/h1-4H,5,11H2,(H,12,17). The molecule has 0 atom stereocenters. The highest BCUT2D eigenvalue weighted by Gasteiger charge is 2.11. The minimum absolute atomic E-state index is 0.289. The maximum Gasteiger partial charge on any atom is 0.368 e. The van der Waals surface area contributed by atoms with E-state index in [1.165, 1.54) is 0 Å². The molecule has 8 nitrogen and oxygen atoms in total. The van der Waals surface area contributed by atoms with Crippen LogP contribution in [0.5, 0.6) is 0 Å². The second-order valence-electron chi connectivity index (χ2n) is 3.37. The molecule has 0 saturated carbocycles. The maximum atomic E-state index is 11.9. The Balaban J connectivity index is 2.34. The average molecular weight is 269 g/mol. The molecule has 9 heteroatoms. The van der Waals surface area contributed by atoms with E-state index in [9.17, 15) is 9.59 Å². The van der Waals surface area contributed by atoms with Gasteiger partial charge >= 0.3 is 5.69 Å². The summed E-state index contributed by atoms with van der Waals surface area (Å²) in [5.74, 6) is 4.38. The van der Waals surface area contributed by atoms with Crippen molar-refractivity contribution in [2.45, 2.75) is 6.54 Å². The lowest BCUT2D eigenvalue weighted by molar-refractivity contribution is -0.122. The molecule has 0 fully saturated rings. The molecule has 94 valence electrons. The van der Waals surface area contributed by atoms with Gasteiger partial charge in [0.2, 0.25) is 0 Å². The summed E-state index contributed by atoms with van der Waals surface area (Å²) in [5, 5.41) is 7.77. The predicted octanol–water partition coefficient (Wildman–Crippen LogP) is -0.928. The van der Waals surface area contributed by atoms with Crippen molar-refractivity contribution in [1.29, 1.82) is 0 Å². The van der Waals surface area contributed by atoms with Gasteiger partial charge in [0.15, 0.2) is 0 Å². The van der Waals surface area contributed by atoms with Gasteiger partial charge in [0.1, 0.15) is 6.54 Å². The fourth-order valence-corrected chi connectivity index (χ4v) is 1.43. The van der Waals surface area contributed by atoms with Crippen LogP contribution in [0.25, 0.3) is 5.69 Å². The highest BCUT2D eigenvalue weighted by Crippen LogP contribution is 2.10. The number of nitrogens with one attached hydrogen (secondary N) is 1. The van der Waals surface area contributed by atoms with Gasteiger partial charge in [-0.25, -0.2) is 10.6 Å². The van der Waals surface area contributed by atoms with Crippen molar-refractivity contribution in [2.75, 3.05) is 0 Å². The number of carbonyl (C=O) groups excluding carboxylic acids is 1. The first-order valence-electron chi connectivity index (χ1n) is 4.90. The van der Waals surface area contributed by atoms with Gasteiger partial charge in [-0.3, -0.25) is 10.2 Å². The highest BCUT2D eigenvalue weighted by atomic mass is 35.5. The Morgan fingerprint density at radius 3 is 2.61 bits per heavy atom. The van der Waals surface area contributed by atoms with Crippen LogP contribution in [-0.4, -0.2) is 25.7 Å². The van der Waals surface area contributed by atoms with Gasteiger partial charge in [-0.1, -0.05) is 11.6 Å². The van der Waals surface area contributed by atoms with Crippen LogP contribution in [0.4, 0.5) is 0 Å². The van der Waals surface area contributed by atoms with Crippen molar-refractivity contribution in [2.24, 2.45) is 5.84 Å². The summed E-state index contributed by atoms with van der Waals surface area (Å²) in [6.07, 6.45) is 0. The number of hydrazine groups is 1. The van der Waals surface area contributed by atoms with E-state index in [-0.39, 0.29) is 6.54 Å². The lowest BCUT2D eigenvalue weighted by Gasteiger charge is -1.98. The molecule has 18 heavy (non-hydrogen) atoms. The number of hydrogen-bond donors (Lipinski definition) is 2. The van der Waals surface area contributed by atoms with Crippen LogP contribution in [-0.2, 0) is 11.3 Å². The molecule has 0 unspecified atom stereocenters. The number of tetrazole rings is 1. The molecule has 0 radical (unpaired) electrons. The molecule has 1 aromatic carbocycles. The van der Waals surface area contributed by atoms with Crippen LogP contribution in [0.2, 0.25) is 5.02 Å². The third-order valence-electron chi connectivity index (χ3n) is 2.16. The zero-order chi connectivity index (χ0) is 13.1. The smallest absolute Gasteiger partial charge is 0.293 e. The van der Waals surface area contributed by atoms with E-state index < -0.39 is 11.6 Å². The van der Waals surface area contributed by atoms with Gasteiger partial charge in [-0.05, 0) is 34.7 Å². The third-order valence-corrected chi connectivity index (χ3v) is 2.42.